The summed E-state index contributed by atoms with van der Waals surface area (Å²) >= 11 is 1.20. The van der Waals surface area contributed by atoms with Gasteiger partial charge >= 0.3 is 5.97 Å². The number of nitrogens with one attached hydrogen (secondary N) is 1. The number of H-pyrrole nitrogens is 1. The summed E-state index contributed by atoms with van der Waals surface area (Å²) in [6.07, 6.45) is 3.74. The molecular formula is C11H12N4O3S. The van der Waals surface area contributed by atoms with E-state index in [0.29, 0.717) is 28.4 Å². The zero-order chi connectivity index (χ0) is 13.4. The van der Waals surface area contributed by atoms with Crippen LogP contribution in [0.1, 0.15) is 19.3 Å². The van der Waals surface area contributed by atoms with Crippen molar-refractivity contribution < 1.29 is 9.90 Å². The number of nitrogens with zero attached hydrogens (tertiary/aromatic N) is 3. The summed E-state index contributed by atoms with van der Waals surface area (Å²) in [5.41, 5.74) is 0.135. The van der Waals surface area contributed by atoms with E-state index in [-0.39, 0.29) is 5.56 Å². The van der Waals surface area contributed by atoms with Gasteiger partial charge in [-0.2, -0.15) is 4.98 Å². The van der Waals surface area contributed by atoms with Gasteiger partial charge in [-0.1, -0.05) is 11.3 Å². The van der Waals surface area contributed by atoms with Crippen molar-refractivity contribution in [1.29, 1.82) is 0 Å². The van der Waals surface area contributed by atoms with Crippen LogP contribution in [0, 0.1) is 0 Å². The zero-order valence-corrected chi connectivity index (χ0v) is 10.8. The minimum absolute atomic E-state index is 0.238. The smallest absolute Gasteiger partial charge is 0.326 e. The van der Waals surface area contributed by atoms with Crippen LogP contribution in [0.5, 0.6) is 0 Å². The second-order valence-corrected chi connectivity index (χ2v) is 5.40. The molecule has 1 saturated heterocycles. The van der Waals surface area contributed by atoms with Crippen molar-refractivity contribution in [3.63, 3.8) is 0 Å². The largest absolute Gasteiger partial charge is 0.480 e. The molecule has 1 atom stereocenters. The second kappa shape index (κ2) is 4.61. The van der Waals surface area contributed by atoms with Crippen LogP contribution in [0.3, 0.4) is 0 Å². The van der Waals surface area contributed by atoms with Crippen molar-refractivity contribution in [3.05, 3.63) is 16.7 Å². The number of hydrogen-bond donors (Lipinski definition) is 2. The number of aliphatic carboxylic acids is 1. The molecule has 3 rings (SSSR count). The number of carboxylic acid groups (broad SMARTS) is 1. The van der Waals surface area contributed by atoms with Crippen LogP contribution in [-0.4, -0.2) is 38.6 Å². The third-order valence-corrected chi connectivity index (χ3v) is 4.30. The molecule has 3 heterocycles. The maximum absolute atomic E-state index is 11.6. The molecule has 8 heteroatoms. The lowest BCUT2D eigenvalue weighted by Crippen LogP contribution is -2.44. The second-order valence-electron chi connectivity index (χ2n) is 4.42. The molecule has 2 N–H and O–H groups in total. The number of carbonyl (C=O) groups is 1. The van der Waals surface area contributed by atoms with Crippen molar-refractivity contribution in [2.75, 3.05) is 11.4 Å². The summed E-state index contributed by atoms with van der Waals surface area (Å²) in [5, 5.41) is 9.81. The van der Waals surface area contributed by atoms with E-state index in [1.54, 1.807) is 4.90 Å². The molecule has 19 heavy (non-hydrogen) atoms. The number of thiazole rings is 1. The molecule has 0 spiro atoms. The Morgan fingerprint density at radius 2 is 2.37 bits per heavy atom. The summed E-state index contributed by atoms with van der Waals surface area (Å²) < 4.78 is 0.437. The monoisotopic (exact) mass is 280 g/mol. The standard InChI is InChI=1S/C11H12N4O3S/c16-9-7-8(12-5-13-9)14-11(19-7)15-4-2-1-3-6(15)10(17)18/h5-6H,1-4H2,(H,17,18)(H,12,13,16). The fourth-order valence-electron chi connectivity index (χ4n) is 2.29. The minimum atomic E-state index is -0.846. The first kappa shape index (κ1) is 12.1. The first-order valence-electron chi connectivity index (χ1n) is 6.00. The molecular weight excluding hydrogens is 268 g/mol. The molecule has 1 unspecified atom stereocenters. The highest BCUT2D eigenvalue weighted by molar-refractivity contribution is 7.22. The van der Waals surface area contributed by atoms with E-state index in [0.717, 1.165) is 12.8 Å². The first-order valence-corrected chi connectivity index (χ1v) is 6.82. The average molecular weight is 280 g/mol. The van der Waals surface area contributed by atoms with Crippen LogP contribution < -0.4 is 10.5 Å². The highest BCUT2D eigenvalue weighted by atomic mass is 32.1. The summed E-state index contributed by atoms with van der Waals surface area (Å²) in [6.45, 7) is 0.648. The van der Waals surface area contributed by atoms with Crippen LogP contribution >= 0.6 is 11.3 Å². The summed E-state index contributed by atoms with van der Waals surface area (Å²) in [4.78, 5) is 35.4. The predicted molar refractivity (Wildman–Crippen MR) is 70.7 cm³/mol. The molecule has 1 fully saturated rings. The van der Waals surface area contributed by atoms with Gasteiger partial charge in [0.05, 0.1) is 6.33 Å². The molecule has 0 saturated carbocycles. The Balaban J connectivity index is 2.05. The molecule has 100 valence electrons. The van der Waals surface area contributed by atoms with Gasteiger partial charge in [-0.05, 0) is 19.3 Å². The van der Waals surface area contributed by atoms with E-state index in [1.807, 2.05) is 0 Å². The number of aromatic nitrogens is 3. The maximum Gasteiger partial charge on any atom is 0.326 e. The lowest BCUT2D eigenvalue weighted by Gasteiger charge is -2.32. The molecule has 0 radical (unpaired) electrons. The molecule has 0 amide bonds. The molecule has 0 aromatic carbocycles. The number of fused-ring (bicyclic) bond motifs is 1. The molecule has 7 nitrogen and oxygen atoms in total. The summed E-state index contributed by atoms with van der Waals surface area (Å²) in [6, 6.07) is -0.562. The quantitative estimate of drug-likeness (QED) is 0.845. The Kier molecular flexibility index (Phi) is 2.94. The number of aromatic amines is 1. The van der Waals surface area contributed by atoms with Crippen molar-refractivity contribution >= 4 is 32.8 Å². The maximum atomic E-state index is 11.6. The molecule has 1 aliphatic heterocycles. The number of rotatable bonds is 2. The topological polar surface area (TPSA) is 99.2 Å². The Bertz CT molecular complexity index is 680. The van der Waals surface area contributed by atoms with Crippen molar-refractivity contribution in [2.45, 2.75) is 25.3 Å². The Hall–Kier alpha value is -1.96. The number of piperidine rings is 1. The van der Waals surface area contributed by atoms with E-state index in [9.17, 15) is 14.7 Å². The van der Waals surface area contributed by atoms with Crippen molar-refractivity contribution in [3.8, 4) is 0 Å². The Labute approximate surface area is 111 Å². The Morgan fingerprint density at radius 1 is 1.53 bits per heavy atom. The Morgan fingerprint density at radius 3 is 3.11 bits per heavy atom. The third kappa shape index (κ3) is 2.07. The molecule has 0 bridgehead atoms. The SMILES string of the molecule is O=C(O)C1CCCCN1c1nc2nc[nH]c(=O)c2s1. The van der Waals surface area contributed by atoms with Gasteiger partial charge in [-0.3, -0.25) is 4.79 Å². The minimum Gasteiger partial charge on any atom is -0.480 e. The van der Waals surface area contributed by atoms with E-state index in [4.69, 9.17) is 0 Å². The molecule has 2 aromatic heterocycles. The van der Waals surface area contributed by atoms with Gasteiger partial charge in [-0.25, -0.2) is 9.78 Å². The van der Waals surface area contributed by atoms with E-state index < -0.39 is 12.0 Å². The third-order valence-electron chi connectivity index (χ3n) is 3.22. The lowest BCUT2D eigenvalue weighted by molar-refractivity contribution is -0.139. The van der Waals surface area contributed by atoms with E-state index in [2.05, 4.69) is 15.0 Å². The molecule has 2 aromatic rings. The fraction of sp³-hybridized carbons (Fsp3) is 0.455. The van der Waals surface area contributed by atoms with Gasteiger partial charge in [0.25, 0.3) is 5.56 Å². The van der Waals surface area contributed by atoms with Crippen LogP contribution in [0.2, 0.25) is 0 Å². The highest BCUT2D eigenvalue weighted by Crippen LogP contribution is 2.30. The lowest BCUT2D eigenvalue weighted by atomic mass is 10.0. The molecule has 1 aliphatic rings. The van der Waals surface area contributed by atoms with Crippen molar-refractivity contribution in [2.24, 2.45) is 0 Å². The van der Waals surface area contributed by atoms with Gasteiger partial charge in [-0.15, -0.1) is 0 Å². The highest BCUT2D eigenvalue weighted by Gasteiger charge is 2.30. The van der Waals surface area contributed by atoms with Crippen LogP contribution in [0.4, 0.5) is 5.13 Å². The van der Waals surface area contributed by atoms with Crippen LogP contribution in [0.25, 0.3) is 10.3 Å². The van der Waals surface area contributed by atoms with Gasteiger partial charge in [0, 0.05) is 6.54 Å². The normalized spacial score (nSPS) is 19.8. The van der Waals surface area contributed by atoms with Crippen molar-refractivity contribution in [1.82, 2.24) is 15.0 Å². The van der Waals surface area contributed by atoms with Gasteiger partial charge < -0.3 is 15.0 Å². The zero-order valence-electron chi connectivity index (χ0n) is 10.00. The number of anilines is 1. The molecule has 0 aliphatic carbocycles. The fourth-order valence-corrected chi connectivity index (χ4v) is 3.29. The van der Waals surface area contributed by atoms with Crippen LogP contribution in [-0.2, 0) is 4.79 Å². The van der Waals surface area contributed by atoms with Crippen LogP contribution in [0.15, 0.2) is 11.1 Å². The number of hydrogen-bond acceptors (Lipinski definition) is 6. The van der Waals surface area contributed by atoms with Gasteiger partial charge in [0.1, 0.15) is 10.7 Å². The number of carboxylic acids is 1. The predicted octanol–water partition coefficient (Wildman–Crippen LogP) is 0.823. The average Bonchev–Trinajstić information content (AvgIpc) is 2.84. The van der Waals surface area contributed by atoms with Gasteiger partial charge in [0.15, 0.2) is 10.8 Å². The van der Waals surface area contributed by atoms with E-state index >= 15 is 0 Å². The first-order chi connectivity index (χ1) is 9.16. The summed E-state index contributed by atoms with van der Waals surface area (Å²) in [7, 11) is 0. The summed E-state index contributed by atoms with van der Waals surface area (Å²) in [5.74, 6) is -0.846. The van der Waals surface area contributed by atoms with Gasteiger partial charge in [0.2, 0.25) is 0 Å². The van der Waals surface area contributed by atoms with E-state index in [1.165, 1.54) is 17.7 Å².